The number of para-hydroxylation sites is 1. The first kappa shape index (κ1) is 18.6. The summed E-state index contributed by atoms with van der Waals surface area (Å²) in [5, 5.41) is 3.54. The first-order chi connectivity index (χ1) is 13.5. The predicted molar refractivity (Wildman–Crippen MR) is 111 cm³/mol. The number of pyridine rings is 1. The summed E-state index contributed by atoms with van der Waals surface area (Å²) in [4.78, 5) is 30.1. The Labute approximate surface area is 171 Å². The number of nitrogens with zero attached hydrogens (tertiary/aromatic N) is 1. The molecule has 1 atom stereocenters. The van der Waals surface area contributed by atoms with Crippen molar-refractivity contribution in [1.82, 2.24) is 4.98 Å². The number of carbonyl (C=O) groups excluding carboxylic acids is 2. The molecule has 0 bridgehead atoms. The number of hydrogen-bond donors (Lipinski definition) is 1. The van der Waals surface area contributed by atoms with Crippen LogP contribution in [-0.4, -0.2) is 23.0 Å². The maximum Gasteiger partial charge on any atom is 0.339 e. The first-order valence-corrected chi connectivity index (χ1v) is 10.00. The minimum Gasteiger partial charge on any atom is -0.449 e. The smallest absolute Gasteiger partial charge is 0.339 e. The Balaban J connectivity index is 1.57. The van der Waals surface area contributed by atoms with Gasteiger partial charge < -0.3 is 10.1 Å². The second-order valence-corrected chi connectivity index (χ2v) is 7.74. The lowest BCUT2D eigenvalue weighted by atomic mass is 10.0. The Morgan fingerprint density at radius 1 is 1.11 bits per heavy atom. The number of aromatic nitrogens is 1. The van der Waals surface area contributed by atoms with Crippen LogP contribution >= 0.6 is 15.9 Å². The quantitative estimate of drug-likeness (QED) is 0.600. The summed E-state index contributed by atoms with van der Waals surface area (Å²) in [5.74, 6) is -0.846. The molecule has 1 unspecified atom stereocenters. The Morgan fingerprint density at radius 2 is 1.86 bits per heavy atom. The van der Waals surface area contributed by atoms with E-state index < -0.39 is 12.1 Å². The standard InChI is InChI=1S/C22H19BrN2O3/c1-13(21(26)24-15-11-9-14(23)10-12-15)28-22(27)20-16-5-2-3-7-18(16)25-19-8-4-6-17(19)20/h2-3,5,7,9-13H,4,6,8H2,1H3,(H,24,26). The van der Waals surface area contributed by atoms with E-state index in [1.165, 1.54) is 0 Å². The van der Waals surface area contributed by atoms with Crippen LogP contribution in [0.2, 0.25) is 0 Å². The van der Waals surface area contributed by atoms with E-state index in [9.17, 15) is 9.59 Å². The van der Waals surface area contributed by atoms with Gasteiger partial charge >= 0.3 is 5.97 Å². The number of amides is 1. The molecule has 142 valence electrons. The van der Waals surface area contributed by atoms with Crippen LogP contribution in [0.4, 0.5) is 5.69 Å². The van der Waals surface area contributed by atoms with Gasteiger partial charge in [0.2, 0.25) is 0 Å². The zero-order chi connectivity index (χ0) is 19.7. The topological polar surface area (TPSA) is 68.3 Å². The molecule has 3 aromatic rings. The average Bonchev–Trinajstić information content (AvgIpc) is 3.15. The van der Waals surface area contributed by atoms with Gasteiger partial charge in [-0.3, -0.25) is 9.78 Å². The van der Waals surface area contributed by atoms with Gasteiger partial charge in [-0.05, 0) is 62.1 Å². The summed E-state index contributed by atoms with van der Waals surface area (Å²) in [7, 11) is 0. The lowest BCUT2D eigenvalue weighted by molar-refractivity contribution is -0.123. The minimum absolute atomic E-state index is 0.370. The fourth-order valence-electron chi connectivity index (χ4n) is 3.49. The van der Waals surface area contributed by atoms with Crippen molar-refractivity contribution in [1.29, 1.82) is 0 Å². The van der Waals surface area contributed by atoms with Gasteiger partial charge in [-0.2, -0.15) is 0 Å². The predicted octanol–water partition coefficient (Wildman–Crippen LogP) is 4.67. The third kappa shape index (κ3) is 3.64. The maximum absolute atomic E-state index is 13.0. The van der Waals surface area contributed by atoms with Crippen molar-refractivity contribution in [2.24, 2.45) is 0 Å². The van der Waals surface area contributed by atoms with E-state index >= 15 is 0 Å². The second kappa shape index (κ2) is 7.72. The number of hydrogen-bond acceptors (Lipinski definition) is 4. The Hall–Kier alpha value is -2.73. The number of fused-ring (bicyclic) bond motifs is 2. The first-order valence-electron chi connectivity index (χ1n) is 9.21. The summed E-state index contributed by atoms with van der Waals surface area (Å²) in [6.07, 6.45) is 1.72. The fourth-order valence-corrected chi connectivity index (χ4v) is 3.76. The van der Waals surface area contributed by atoms with Crippen LogP contribution in [0.5, 0.6) is 0 Å². The molecule has 1 heterocycles. The van der Waals surface area contributed by atoms with Crippen LogP contribution in [0.1, 0.15) is 35.0 Å². The van der Waals surface area contributed by atoms with Gasteiger partial charge in [0.05, 0.1) is 11.1 Å². The van der Waals surface area contributed by atoms with Crippen LogP contribution in [0.25, 0.3) is 10.9 Å². The number of benzene rings is 2. The highest BCUT2D eigenvalue weighted by Gasteiger charge is 2.27. The lowest BCUT2D eigenvalue weighted by Crippen LogP contribution is -2.30. The number of aryl methyl sites for hydroxylation is 1. The molecule has 28 heavy (non-hydrogen) atoms. The lowest BCUT2D eigenvalue weighted by Gasteiger charge is -2.16. The summed E-state index contributed by atoms with van der Waals surface area (Å²) >= 11 is 3.36. The van der Waals surface area contributed by atoms with Crippen LogP contribution in [0, 0.1) is 0 Å². The molecule has 0 spiro atoms. The molecule has 6 heteroatoms. The highest BCUT2D eigenvalue weighted by atomic mass is 79.9. The van der Waals surface area contributed by atoms with Crippen molar-refractivity contribution in [3.63, 3.8) is 0 Å². The molecule has 0 aliphatic heterocycles. The Morgan fingerprint density at radius 3 is 2.64 bits per heavy atom. The SMILES string of the molecule is CC(OC(=O)c1c2c(nc3ccccc13)CCC2)C(=O)Nc1ccc(Br)cc1. The van der Waals surface area contributed by atoms with Gasteiger partial charge in [0.25, 0.3) is 5.91 Å². The average molecular weight is 439 g/mol. The Kier molecular flexibility index (Phi) is 5.13. The molecule has 1 aliphatic rings. The highest BCUT2D eigenvalue weighted by molar-refractivity contribution is 9.10. The third-order valence-corrected chi connectivity index (χ3v) is 5.42. The van der Waals surface area contributed by atoms with Gasteiger partial charge in [0, 0.05) is 21.2 Å². The number of halogens is 1. The normalized spacial score (nSPS) is 13.8. The number of nitrogens with one attached hydrogen (secondary N) is 1. The van der Waals surface area contributed by atoms with E-state index in [0.29, 0.717) is 11.3 Å². The molecule has 4 rings (SSSR count). The number of carbonyl (C=O) groups is 2. The fraction of sp³-hybridized carbons (Fsp3) is 0.227. The van der Waals surface area contributed by atoms with E-state index in [2.05, 4.69) is 26.2 Å². The molecule has 1 amide bonds. The van der Waals surface area contributed by atoms with Crippen molar-refractivity contribution in [3.05, 3.63) is 69.8 Å². The summed E-state index contributed by atoms with van der Waals surface area (Å²) < 4.78 is 6.46. The van der Waals surface area contributed by atoms with Crippen LogP contribution in [0.3, 0.4) is 0 Å². The molecular weight excluding hydrogens is 420 g/mol. The molecule has 1 aromatic heterocycles. The molecule has 5 nitrogen and oxygen atoms in total. The van der Waals surface area contributed by atoms with E-state index in [1.54, 1.807) is 19.1 Å². The summed E-state index contributed by atoms with van der Waals surface area (Å²) in [6.45, 7) is 1.58. The molecule has 1 aliphatic carbocycles. The molecule has 2 aromatic carbocycles. The zero-order valence-electron chi connectivity index (χ0n) is 15.4. The van der Waals surface area contributed by atoms with E-state index in [-0.39, 0.29) is 5.91 Å². The van der Waals surface area contributed by atoms with Crippen molar-refractivity contribution >= 4 is 44.4 Å². The van der Waals surface area contributed by atoms with Crippen molar-refractivity contribution in [2.45, 2.75) is 32.3 Å². The van der Waals surface area contributed by atoms with Gasteiger partial charge in [0.15, 0.2) is 6.10 Å². The van der Waals surface area contributed by atoms with Gasteiger partial charge in [-0.25, -0.2) is 4.79 Å². The molecule has 0 fully saturated rings. The molecule has 0 saturated carbocycles. The Bertz CT molecular complexity index is 1060. The maximum atomic E-state index is 13.0. The van der Waals surface area contributed by atoms with Crippen LogP contribution in [-0.2, 0) is 22.4 Å². The largest absolute Gasteiger partial charge is 0.449 e. The third-order valence-electron chi connectivity index (χ3n) is 4.89. The summed E-state index contributed by atoms with van der Waals surface area (Å²) in [6, 6.07) is 14.8. The number of anilines is 1. The van der Waals surface area contributed by atoms with Gasteiger partial charge in [-0.1, -0.05) is 34.1 Å². The number of ether oxygens (including phenoxy) is 1. The minimum atomic E-state index is -0.917. The second-order valence-electron chi connectivity index (χ2n) is 6.83. The zero-order valence-corrected chi connectivity index (χ0v) is 17.0. The monoisotopic (exact) mass is 438 g/mol. The molecule has 1 N–H and O–H groups in total. The van der Waals surface area contributed by atoms with Crippen molar-refractivity contribution < 1.29 is 14.3 Å². The van der Waals surface area contributed by atoms with Crippen molar-refractivity contribution in [2.75, 3.05) is 5.32 Å². The molecule has 0 radical (unpaired) electrons. The van der Waals surface area contributed by atoms with E-state index in [4.69, 9.17) is 4.74 Å². The van der Waals surface area contributed by atoms with Gasteiger partial charge in [0.1, 0.15) is 0 Å². The van der Waals surface area contributed by atoms with Crippen molar-refractivity contribution in [3.8, 4) is 0 Å². The van der Waals surface area contributed by atoms with Gasteiger partial charge in [-0.15, -0.1) is 0 Å². The molecule has 0 saturated heterocycles. The van der Waals surface area contributed by atoms with Crippen LogP contribution < -0.4 is 5.32 Å². The number of esters is 1. The number of rotatable bonds is 4. The highest BCUT2D eigenvalue weighted by Crippen LogP contribution is 2.30. The van der Waals surface area contributed by atoms with E-state index in [0.717, 1.165) is 45.9 Å². The summed E-state index contributed by atoms with van der Waals surface area (Å²) in [5.41, 5.74) is 3.87. The van der Waals surface area contributed by atoms with Crippen LogP contribution in [0.15, 0.2) is 53.0 Å². The van der Waals surface area contributed by atoms with E-state index in [1.807, 2.05) is 36.4 Å². The molecular formula is C22H19BrN2O3.